The lowest BCUT2D eigenvalue weighted by Gasteiger charge is -2.20. The number of sulfonamides is 1. The zero-order valence-corrected chi connectivity index (χ0v) is 13.1. The predicted molar refractivity (Wildman–Crippen MR) is 78.5 cm³/mol. The Balaban J connectivity index is 0.000000891. The van der Waals surface area contributed by atoms with Gasteiger partial charge in [0.15, 0.2) is 0 Å². The van der Waals surface area contributed by atoms with E-state index in [-0.39, 0.29) is 16.7 Å². The van der Waals surface area contributed by atoms with Crippen molar-refractivity contribution in [3.63, 3.8) is 0 Å². The minimum absolute atomic E-state index is 0.0763. The second kappa shape index (κ2) is 7.76. The fraction of sp³-hybridized carbons (Fsp3) is 0.133. The molecule has 0 atom stereocenters. The quantitative estimate of drug-likeness (QED) is 0.845. The number of nitrogens with zero attached hydrogens (tertiary/aromatic N) is 1. The van der Waals surface area contributed by atoms with Crippen molar-refractivity contribution >= 4 is 21.9 Å². The van der Waals surface area contributed by atoms with Crippen LogP contribution in [-0.4, -0.2) is 21.6 Å². The maximum Gasteiger partial charge on any atom is 0.416 e. The number of benzene rings is 2. The van der Waals surface area contributed by atoms with Gasteiger partial charge in [-0.05, 0) is 36.4 Å². The third-order valence-corrected chi connectivity index (χ3v) is 4.76. The van der Waals surface area contributed by atoms with Gasteiger partial charge in [-0.2, -0.15) is 22.8 Å². The van der Waals surface area contributed by atoms with E-state index in [9.17, 15) is 21.6 Å². The van der Waals surface area contributed by atoms with Gasteiger partial charge in [0.25, 0.3) is 10.0 Å². The number of alkyl halides is 3. The number of hydrogen-bond donors (Lipinski definition) is 0. The Labute approximate surface area is 136 Å². The summed E-state index contributed by atoms with van der Waals surface area (Å²) in [4.78, 5) is 16.3. The average Bonchev–Trinajstić information content (AvgIpc) is 2.55. The SMILES string of the molecule is CN(c1ccc(C(F)(F)F)cc1)S(=O)(=O)c1ccccc1.O=C=O. The summed E-state index contributed by atoms with van der Waals surface area (Å²) in [6, 6.07) is 11.6. The molecule has 0 aromatic heterocycles. The first kappa shape index (κ1) is 19.4. The minimum Gasteiger partial charge on any atom is -0.269 e. The predicted octanol–water partition coefficient (Wildman–Crippen LogP) is 2.95. The molecule has 0 heterocycles. The summed E-state index contributed by atoms with van der Waals surface area (Å²) in [5.41, 5.74) is -0.663. The maximum atomic E-state index is 12.5. The lowest BCUT2D eigenvalue weighted by atomic mass is 10.2. The van der Waals surface area contributed by atoms with Crippen LogP contribution in [0.15, 0.2) is 59.5 Å². The highest BCUT2D eigenvalue weighted by molar-refractivity contribution is 7.92. The zero-order valence-electron chi connectivity index (χ0n) is 12.3. The van der Waals surface area contributed by atoms with Crippen LogP contribution in [0.2, 0.25) is 0 Å². The molecule has 0 spiro atoms. The summed E-state index contributed by atoms with van der Waals surface area (Å²) in [6.45, 7) is 0. The topological polar surface area (TPSA) is 71.5 Å². The molecule has 0 N–H and O–H groups in total. The summed E-state index contributed by atoms with van der Waals surface area (Å²) >= 11 is 0. The van der Waals surface area contributed by atoms with Gasteiger partial charge in [0.05, 0.1) is 16.1 Å². The van der Waals surface area contributed by atoms with Crippen LogP contribution in [0.5, 0.6) is 0 Å². The van der Waals surface area contributed by atoms with E-state index in [1.165, 1.54) is 19.2 Å². The fourth-order valence-corrected chi connectivity index (χ4v) is 2.97. The van der Waals surface area contributed by atoms with Gasteiger partial charge >= 0.3 is 12.3 Å². The molecule has 128 valence electrons. The Morgan fingerprint density at radius 2 is 1.38 bits per heavy atom. The molecule has 2 rings (SSSR count). The van der Waals surface area contributed by atoms with Gasteiger partial charge in [0.2, 0.25) is 0 Å². The van der Waals surface area contributed by atoms with E-state index in [0.717, 1.165) is 28.6 Å². The van der Waals surface area contributed by atoms with Crippen molar-refractivity contribution in [2.75, 3.05) is 11.4 Å². The summed E-state index contributed by atoms with van der Waals surface area (Å²) in [5.74, 6) is 0. The highest BCUT2D eigenvalue weighted by Crippen LogP contribution is 2.31. The molecule has 0 amide bonds. The second-order valence-electron chi connectivity index (χ2n) is 4.41. The average molecular weight is 359 g/mol. The molecule has 24 heavy (non-hydrogen) atoms. The Kier molecular flexibility index (Phi) is 6.27. The van der Waals surface area contributed by atoms with Crippen molar-refractivity contribution in [3.8, 4) is 0 Å². The summed E-state index contributed by atoms with van der Waals surface area (Å²) in [5, 5.41) is 0. The molecule has 0 radical (unpaired) electrons. The van der Waals surface area contributed by atoms with E-state index in [1.54, 1.807) is 18.2 Å². The number of hydrogen-bond acceptors (Lipinski definition) is 4. The molecule has 2 aromatic rings. The van der Waals surface area contributed by atoms with Crippen LogP contribution in [0, 0.1) is 0 Å². The Morgan fingerprint density at radius 3 is 1.79 bits per heavy atom. The van der Waals surface area contributed by atoms with Crippen LogP contribution in [0.1, 0.15) is 5.56 Å². The van der Waals surface area contributed by atoms with Crippen molar-refractivity contribution in [1.29, 1.82) is 0 Å². The molecule has 0 aliphatic heterocycles. The second-order valence-corrected chi connectivity index (χ2v) is 6.38. The molecular weight excluding hydrogens is 347 g/mol. The molecule has 0 bridgehead atoms. The molecule has 0 saturated heterocycles. The third-order valence-electron chi connectivity index (χ3n) is 2.96. The number of anilines is 1. The van der Waals surface area contributed by atoms with Crippen LogP contribution in [0.3, 0.4) is 0 Å². The smallest absolute Gasteiger partial charge is 0.269 e. The highest BCUT2D eigenvalue weighted by atomic mass is 32.2. The Bertz CT molecular complexity index is 797. The normalized spacial score (nSPS) is 11.0. The van der Waals surface area contributed by atoms with Gasteiger partial charge in [-0.15, -0.1) is 0 Å². The summed E-state index contributed by atoms with van der Waals surface area (Å²) in [7, 11) is -2.49. The first-order valence-electron chi connectivity index (χ1n) is 6.35. The monoisotopic (exact) mass is 359 g/mol. The highest BCUT2D eigenvalue weighted by Gasteiger charge is 2.30. The van der Waals surface area contributed by atoms with Crippen molar-refractivity contribution in [2.45, 2.75) is 11.1 Å². The van der Waals surface area contributed by atoms with Crippen LogP contribution in [0.4, 0.5) is 18.9 Å². The van der Waals surface area contributed by atoms with E-state index < -0.39 is 21.8 Å². The van der Waals surface area contributed by atoms with Crippen LogP contribution in [0.25, 0.3) is 0 Å². The molecular formula is C15H12F3NO4S. The lowest BCUT2D eigenvalue weighted by Crippen LogP contribution is -2.26. The molecule has 0 aliphatic rings. The Morgan fingerprint density at radius 1 is 0.917 bits per heavy atom. The van der Waals surface area contributed by atoms with E-state index in [2.05, 4.69) is 0 Å². The zero-order chi connectivity index (χ0) is 18.4. The van der Waals surface area contributed by atoms with Crippen LogP contribution >= 0.6 is 0 Å². The molecule has 5 nitrogen and oxygen atoms in total. The van der Waals surface area contributed by atoms with Gasteiger partial charge in [-0.1, -0.05) is 18.2 Å². The van der Waals surface area contributed by atoms with Crippen LogP contribution in [-0.2, 0) is 25.8 Å². The molecule has 0 saturated carbocycles. The molecule has 0 unspecified atom stereocenters. The number of halogens is 3. The lowest BCUT2D eigenvalue weighted by molar-refractivity contribution is -0.191. The van der Waals surface area contributed by atoms with Gasteiger partial charge < -0.3 is 0 Å². The van der Waals surface area contributed by atoms with Crippen molar-refractivity contribution in [1.82, 2.24) is 0 Å². The van der Waals surface area contributed by atoms with Gasteiger partial charge in [-0.3, -0.25) is 4.31 Å². The number of carbonyl (C=O) groups excluding carboxylic acids is 2. The standard InChI is InChI=1S/C14H12F3NO2S.CO2/c1-18(21(19,20)13-5-3-2-4-6-13)12-9-7-11(8-10-12)14(15,16)17;2-1-3/h2-10H,1H3;. The first-order valence-corrected chi connectivity index (χ1v) is 7.79. The first-order chi connectivity index (χ1) is 11.1. The molecule has 0 aliphatic carbocycles. The van der Waals surface area contributed by atoms with Gasteiger partial charge in [0, 0.05) is 7.05 Å². The van der Waals surface area contributed by atoms with E-state index in [1.807, 2.05) is 0 Å². The molecule has 0 fully saturated rings. The van der Waals surface area contributed by atoms with Crippen molar-refractivity contribution in [2.24, 2.45) is 0 Å². The minimum atomic E-state index is -4.45. The maximum absolute atomic E-state index is 12.5. The number of rotatable bonds is 3. The summed E-state index contributed by atoms with van der Waals surface area (Å²) < 4.78 is 63.0. The fourth-order valence-electron chi connectivity index (χ4n) is 1.75. The largest absolute Gasteiger partial charge is 0.416 e. The third kappa shape index (κ3) is 4.68. The van der Waals surface area contributed by atoms with Crippen LogP contribution < -0.4 is 4.31 Å². The van der Waals surface area contributed by atoms with E-state index in [0.29, 0.717) is 0 Å². The van der Waals surface area contributed by atoms with Crippen molar-refractivity contribution in [3.05, 3.63) is 60.2 Å². The Hall–Kier alpha value is -2.64. The van der Waals surface area contributed by atoms with E-state index >= 15 is 0 Å². The summed E-state index contributed by atoms with van der Waals surface area (Å²) in [6.07, 6.45) is -4.20. The van der Waals surface area contributed by atoms with Crippen molar-refractivity contribution < 1.29 is 31.2 Å². The van der Waals surface area contributed by atoms with Gasteiger partial charge in [-0.25, -0.2) is 8.42 Å². The van der Waals surface area contributed by atoms with E-state index in [4.69, 9.17) is 9.59 Å². The molecule has 2 aromatic carbocycles. The van der Waals surface area contributed by atoms with Gasteiger partial charge in [0.1, 0.15) is 0 Å². The molecule has 9 heteroatoms.